The normalized spacial score (nSPS) is 23.7. The molecule has 1 saturated heterocycles. The van der Waals surface area contributed by atoms with Gasteiger partial charge in [0.2, 0.25) is 5.91 Å². The molecule has 1 aromatic heterocycles. The second-order valence-electron chi connectivity index (χ2n) is 4.39. The molecule has 1 fully saturated rings. The lowest BCUT2D eigenvalue weighted by Crippen LogP contribution is -2.40. The molecule has 0 bridgehead atoms. The summed E-state index contributed by atoms with van der Waals surface area (Å²) in [6.45, 7) is 2.91. The van der Waals surface area contributed by atoms with Crippen LogP contribution in [-0.2, 0) is 4.79 Å². The van der Waals surface area contributed by atoms with Crippen molar-refractivity contribution in [3.8, 4) is 0 Å². The maximum Gasteiger partial charge on any atom is 0.228 e. The molecule has 1 aromatic rings. The van der Waals surface area contributed by atoms with E-state index in [0.717, 1.165) is 19.4 Å². The number of hydrogen-bond acceptors (Lipinski definition) is 4. The van der Waals surface area contributed by atoms with Crippen LogP contribution in [0.5, 0.6) is 0 Å². The average molecular weight is 289 g/mol. The Hall–Kier alpha value is -0.910. The molecule has 7 heteroatoms. The van der Waals surface area contributed by atoms with Crippen LogP contribution in [0, 0.1) is 5.92 Å². The summed E-state index contributed by atoms with van der Waals surface area (Å²) in [5.74, 6) is 0.180. The predicted molar refractivity (Wildman–Crippen MR) is 70.9 cm³/mol. The Morgan fingerprint density at radius 2 is 2.28 bits per heavy atom. The van der Waals surface area contributed by atoms with Crippen molar-refractivity contribution in [2.75, 3.05) is 11.9 Å². The van der Waals surface area contributed by atoms with Crippen molar-refractivity contribution in [1.29, 1.82) is 0 Å². The molecule has 2 rings (SSSR count). The van der Waals surface area contributed by atoms with Crippen LogP contribution in [0.2, 0.25) is 10.2 Å². The Bertz CT molecular complexity index is 455. The van der Waals surface area contributed by atoms with Gasteiger partial charge >= 0.3 is 0 Å². The number of nitrogens with zero attached hydrogens (tertiary/aromatic N) is 2. The van der Waals surface area contributed by atoms with Gasteiger partial charge in [0.25, 0.3) is 0 Å². The molecule has 5 nitrogen and oxygen atoms in total. The molecule has 18 heavy (non-hydrogen) atoms. The zero-order valence-electron chi connectivity index (χ0n) is 9.91. The second-order valence-corrected chi connectivity index (χ2v) is 5.13. The minimum atomic E-state index is -0.0694. The fourth-order valence-electron chi connectivity index (χ4n) is 2.02. The molecule has 0 radical (unpaired) electrons. The first kappa shape index (κ1) is 13.5. The van der Waals surface area contributed by atoms with E-state index in [2.05, 4.69) is 27.5 Å². The zero-order valence-corrected chi connectivity index (χ0v) is 11.4. The van der Waals surface area contributed by atoms with E-state index in [1.165, 1.54) is 6.33 Å². The first-order chi connectivity index (χ1) is 8.58. The van der Waals surface area contributed by atoms with E-state index in [9.17, 15) is 4.79 Å². The van der Waals surface area contributed by atoms with Gasteiger partial charge in [-0.15, -0.1) is 0 Å². The summed E-state index contributed by atoms with van der Waals surface area (Å²) >= 11 is 11.7. The van der Waals surface area contributed by atoms with E-state index >= 15 is 0 Å². The third kappa shape index (κ3) is 3.10. The Morgan fingerprint density at radius 1 is 1.50 bits per heavy atom. The first-order valence-electron chi connectivity index (χ1n) is 5.78. The highest BCUT2D eigenvalue weighted by molar-refractivity contribution is 6.42. The Kier molecular flexibility index (Phi) is 4.37. The third-order valence-electron chi connectivity index (χ3n) is 2.98. The summed E-state index contributed by atoms with van der Waals surface area (Å²) < 4.78 is 0. The number of piperidine rings is 1. The molecule has 1 amide bonds. The van der Waals surface area contributed by atoms with E-state index < -0.39 is 0 Å². The monoisotopic (exact) mass is 288 g/mol. The fraction of sp³-hybridized carbons (Fsp3) is 0.545. The van der Waals surface area contributed by atoms with Crippen molar-refractivity contribution in [2.24, 2.45) is 5.92 Å². The highest BCUT2D eigenvalue weighted by Crippen LogP contribution is 2.26. The highest BCUT2D eigenvalue weighted by Gasteiger charge is 2.25. The van der Waals surface area contributed by atoms with Crippen LogP contribution >= 0.6 is 23.2 Å². The van der Waals surface area contributed by atoms with Gasteiger partial charge in [0.1, 0.15) is 11.3 Å². The van der Waals surface area contributed by atoms with Gasteiger partial charge in [0.15, 0.2) is 11.0 Å². The van der Waals surface area contributed by atoms with Gasteiger partial charge in [-0.3, -0.25) is 4.79 Å². The van der Waals surface area contributed by atoms with Crippen LogP contribution < -0.4 is 10.6 Å². The summed E-state index contributed by atoms with van der Waals surface area (Å²) in [6, 6.07) is 0.346. The maximum atomic E-state index is 12.1. The Balaban J connectivity index is 2.04. The number of carbonyl (C=O) groups excluding carboxylic acids is 1. The van der Waals surface area contributed by atoms with Crippen molar-refractivity contribution in [3.63, 3.8) is 0 Å². The molecule has 98 valence electrons. The molecule has 2 unspecified atom stereocenters. The van der Waals surface area contributed by atoms with Crippen LogP contribution in [-0.4, -0.2) is 28.5 Å². The zero-order chi connectivity index (χ0) is 13.1. The molecule has 0 aromatic carbocycles. The second kappa shape index (κ2) is 5.82. The minimum Gasteiger partial charge on any atom is -0.314 e. The van der Waals surface area contributed by atoms with Crippen molar-refractivity contribution < 1.29 is 4.79 Å². The van der Waals surface area contributed by atoms with Crippen LogP contribution in [0.1, 0.15) is 19.8 Å². The molecule has 1 aliphatic heterocycles. The van der Waals surface area contributed by atoms with E-state index in [1.807, 2.05) is 0 Å². The smallest absolute Gasteiger partial charge is 0.228 e. The van der Waals surface area contributed by atoms with Gasteiger partial charge in [-0.25, -0.2) is 9.97 Å². The lowest BCUT2D eigenvalue weighted by molar-refractivity contribution is -0.120. The SMILES string of the molecule is CC1CC(C(=O)Nc2ncnc(Cl)c2Cl)CCN1. The maximum absolute atomic E-state index is 12.1. The highest BCUT2D eigenvalue weighted by atomic mass is 35.5. The van der Waals surface area contributed by atoms with E-state index in [-0.39, 0.29) is 27.8 Å². The minimum absolute atomic E-state index is 0.0222. The van der Waals surface area contributed by atoms with Gasteiger partial charge in [-0.2, -0.15) is 0 Å². The topological polar surface area (TPSA) is 66.9 Å². The molecule has 2 atom stereocenters. The van der Waals surface area contributed by atoms with E-state index in [1.54, 1.807) is 0 Å². The number of nitrogens with one attached hydrogen (secondary N) is 2. The largest absolute Gasteiger partial charge is 0.314 e. The Morgan fingerprint density at radius 3 is 3.00 bits per heavy atom. The third-order valence-corrected chi connectivity index (χ3v) is 3.72. The summed E-state index contributed by atoms with van der Waals surface area (Å²) in [6.07, 6.45) is 2.89. The molecule has 0 aliphatic carbocycles. The van der Waals surface area contributed by atoms with Crippen molar-refractivity contribution in [1.82, 2.24) is 15.3 Å². The summed E-state index contributed by atoms with van der Waals surface area (Å²) in [5, 5.41) is 6.32. The summed E-state index contributed by atoms with van der Waals surface area (Å²) in [4.78, 5) is 19.7. The number of halogens is 2. The van der Waals surface area contributed by atoms with Crippen molar-refractivity contribution in [2.45, 2.75) is 25.8 Å². The molecular weight excluding hydrogens is 275 g/mol. The number of anilines is 1. The summed E-state index contributed by atoms with van der Waals surface area (Å²) in [7, 11) is 0. The number of carbonyl (C=O) groups is 1. The number of aromatic nitrogens is 2. The van der Waals surface area contributed by atoms with Crippen LogP contribution in [0.15, 0.2) is 6.33 Å². The lowest BCUT2D eigenvalue weighted by Gasteiger charge is -2.27. The predicted octanol–water partition coefficient (Wildman–Crippen LogP) is 2.11. The van der Waals surface area contributed by atoms with Crippen molar-refractivity contribution in [3.05, 3.63) is 16.5 Å². The lowest BCUT2D eigenvalue weighted by atomic mass is 9.92. The van der Waals surface area contributed by atoms with Gasteiger partial charge in [0, 0.05) is 12.0 Å². The molecular formula is C11H14Cl2N4O. The molecule has 1 aliphatic rings. The van der Waals surface area contributed by atoms with E-state index in [0.29, 0.717) is 6.04 Å². The first-order valence-corrected chi connectivity index (χ1v) is 6.53. The van der Waals surface area contributed by atoms with Gasteiger partial charge in [-0.05, 0) is 26.3 Å². The van der Waals surface area contributed by atoms with E-state index in [4.69, 9.17) is 23.2 Å². The standard InChI is InChI=1S/C11H14Cl2N4O/c1-6-4-7(2-3-14-6)11(18)17-10-8(12)9(13)15-5-16-10/h5-7,14H,2-4H2,1H3,(H,15,16,17,18). The number of amides is 1. The summed E-state index contributed by atoms with van der Waals surface area (Å²) in [5.41, 5.74) is 0. The van der Waals surface area contributed by atoms with Crippen LogP contribution in [0.4, 0.5) is 5.82 Å². The molecule has 0 saturated carbocycles. The van der Waals surface area contributed by atoms with Crippen LogP contribution in [0.25, 0.3) is 0 Å². The molecule has 0 spiro atoms. The molecule has 2 N–H and O–H groups in total. The quantitative estimate of drug-likeness (QED) is 0.818. The van der Waals surface area contributed by atoms with Gasteiger partial charge < -0.3 is 10.6 Å². The van der Waals surface area contributed by atoms with Gasteiger partial charge in [-0.1, -0.05) is 23.2 Å². The number of rotatable bonds is 2. The number of hydrogen-bond donors (Lipinski definition) is 2. The fourth-order valence-corrected chi connectivity index (χ4v) is 2.30. The van der Waals surface area contributed by atoms with Crippen LogP contribution in [0.3, 0.4) is 0 Å². The molecule has 2 heterocycles. The van der Waals surface area contributed by atoms with Gasteiger partial charge in [0.05, 0.1) is 0 Å². The average Bonchev–Trinajstić information content (AvgIpc) is 2.35. The Labute approximate surface area is 115 Å². The van der Waals surface area contributed by atoms with Crippen molar-refractivity contribution >= 4 is 34.9 Å².